The molecule has 1 amide bonds. The average Bonchev–Trinajstić information content (AvgIpc) is 2.56. The number of halogens is 2. The normalized spacial score (nSPS) is 20.9. The van der Waals surface area contributed by atoms with Gasteiger partial charge in [0, 0.05) is 21.0 Å². The van der Waals surface area contributed by atoms with Gasteiger partial charge in [0.25, 0.3) is 5.91 Å². The van der Waals surface area contributed by atoms with Gasteiger partial charge in [-0.1, -0.05) is 23.2 Å². The van der Waals surface area contributed by atoms with Gasteiger partial charge in [-0.05, 0) is 24.3 Å². The number of hydrogen-bond acceptors (Lipinski definition) is 3. The first-order valence-corrected chi connectivity index (χ1v) is 7.51. The van der Waals surface area contributed by atoms with Crippen LogP contribution in [0, 0.1) is 0 Å². The Balaban J connectivity index is 2.11. The van der Waals surface area contributed by atoms with Gasteiger partial charge in [0.15, 0.2) is 9.84 Å². The Bertz CT molecular complexity index is 605. The minimum absolute atomic E-state index is 0.118. The van der Waals surface area contributed by atoms with E-state index in [1.54, 1.807) is 0 Å². The molecule has 0 saturated heterocycles. The summed E-state index contributed by atoms with van der Waals surface area (Å²) in [5.74, 6) is -0.529. The van der Waals surface area contributed by atoms with Crippen LogP contribution in [0.4, 0.5) is 0 Å². The zero-order valence-electron chi connectivity index (χ0n) is 9.06. The van der Waals surface area contributed by atoms with E-state index in [2.05, 4.69) is 5.32 Å². The van der Waals surface area contributed by atoms with E-state index >= 15 is 0 Å². The van der Waals surface area contributed by atoms with Crippen molar-refractivity contribution in [2.75, 3.05) is 5.75 Å². The molecule has 1 N–H and O–H groups in total. The zero-order chi connectivity index (χ0) is 13.3. The van der Waals surface area contributed by atoms with Crippen LogP contribution in [0.1, 0.15) is 10.4 Å². The molecule has 1 atom stereocenters. The minimum Gasteiger partial charge on any atom is -0.345 e. The highest BCUT2D eigenvalue weighted by atomic mass is 35.5. The van der Waals surface area contributed by atoms with Gasteiger partial charge in [0.05, 0.1) is 11.8 Å². The third-order valence-corrected chi connectivity index (χ3v) is 4.20. The smallest absolute Gasteiger partial charge is 0.251 e. The molecule has 0 bridgehead atoms. The van der Waals surface area contributed by atoms with Crippen LogP contribution in [0.5, 0.6) is 0 Å². The Hall–Kier alpha value is -1.04. The van der Waals surface area contributed by atoms with Crippen LogP contribution < -0.4 is 5.32 Å². The summed E-state index contributed by atoms with van der Waals surface area (Å²) in [7, 11) is -3.19. The van der Waals surface area contributed by atoms with Crippen molar-refractivity contribution in [1.82, 2.24) is 5.32 Å². The second-order valence-electron chi connectivity index (χ2n) is 3.90. The highest BCUT2D eigenvalue weighted by molar-refractivity contribution is 7.94. The Labute approximate surface area is 115 Å². The summed E-state index contributed by atoms with van der Waals surface area (Å²) in [5, 5.41) is 4.38. The van der Waals surface area contributed by atoms with Crippen LogP contribution in [-0.4, -0.2) is 26.1 Å². The molecular formula is C11H9Cl2NO3S. The van der Waals surface area contributed by atoms with E-state index in [9.17, 15) is 13.2 Å². The van der Waals surface area contributed by atoms with Gasteiger partial charge in [0.1, 0.15) is 0 Å². The van der Waals surface area contributed by atoms with Crippen LogP contribution in [0.2, 0.25) is 10.0 Å². The fourth-order valence-corrected chi connectivity index (χ4v) is 3.36. The summed E-state index contributed by atoms with van der Waals surface area (Å²) in [4.78, 5) is 11.9. The fourth-order valence-electron chi connectivity index (χ4n) is 1.60. The van der Waals surface area contributed by atoms with Gasteiger partial charge in [-0.3, -0.25) is 4.79 Å². The standard InChI is InChI=1S/C11H9Cl2NO3S/c12-8-3-7(4-9(13)5-8)11(15)14-10-1-2-18(16,17)6-10/h1-5,10H,6H2,(H,14,15). The van der Waals surface area contributed by atoms with E-state index in [0.29, 0.717) is 15.6 Å². The van der Waals surface area contributed by atoms with Gasteiger partial charge >= 0.3 is 0 Å². The van der Waals surface area contributed by atoms with E-state index in [1.165, 1.54) is 24.3 Å². The molecule has 7 heteroatoms. The van der Waals surface area contributed by atoms with E-state index in [1.807, 2.05) is 0 Å². The maximum absolute atomic E-state index is 11.9. The summed E-state index contributed by atoms with van der Waals surface area (Å²) < 4.78 is 22.4. The Kier molecular flexibility index (Phi) is 3.66. The second-order valence-corrected chi connectivity index (χ2v) is 6.70. The van der Waals surface area contributed by atoms with Crippen LogP contribution in [0.25, 0.3) is 0 Å². The van der Waals surface area contributed by atoms with Crippen molar-refractivity contribution in [3.63, 3.8) is 0 Å². The zero-order valence-corrected chi connectivity index (χ0v) is 11.4. The van der Waals surface area contributed by atoms with E-state index < -0.39 is 21.8 Å². The second kappa shape index (κ2) is 4.91. The van der Waals surface area contributed by atoms with Gasteiger partial charge in [0.2, 0.25) is 0 Å². The molecule has 0 spiro atoms. The number of rotatable bonds is 2. The average molecular weight is 306 g/mol. The molecule has 96 valence electrons. The van der Waals surface area contributed by atoms with Crippen LogP contribution in [0.15, 0.2) is 29.7 Å². The van der Waals surface area contributed by atoms with E-state index in [4.69, 9.17) is 23.2 Å². The fraction of sp³-hybridized carbons (Fsp3) is 0.182. The molecule has 4 nitrogen and oxygen atoms in total. The van der Waals surface area contributed by atoms with Crippen LogP contribution in [0.3, 0.4) is 0 Å². The lowest BCUT2D eigenvalue weighted by Crippen LogP contribution is -2.35. The summed E-state index contributed by atoms with van der Waals surface area (Å²) in [6.07, 6.45) is 1.44. The Morgan fingerprint density at radius 2 is 1.83 bits per heavy atom. The summed E-state index contributed by atoms with van der Waals surface area (Å²) in [6.45, 7) is 0. The molecule has 0 fully saturated rings. The van der Waals surface area contributed by atoms with Crippen molar-refractivity contribution in [3.05, 3.63) is 45.3 Å². The number of carbonyl (C=O) groups is 1. The number of sulfone groups is 1. The van der Waals surface area contributed by atoms with Crippen molar-refractivity contribution in [1.29, 1.82) is 0 Å². The molecule has 0 aromatic heterocycles. The Morgan fingerprint density at radius 3 is 2.33 bits per heavy atom. The lowest BCUT2D eigenvalue weighted by Gasteiger charge is -2.10. The number of benzene rings is 1. The number of hydrogen-bond donors (Lipinski definition) is 1. The molecule has 1 aromatic rings. The largest absolute Gasteiger partial charge is 0.345 e. The molecular weight excluding hydrogens is 297 g/mol. The molecule has 18 heavy (non-hydrogen) atoms. The van der Waals surface area contributed by atoms with E-state index in [-0.39, 0.29) is 5.75 Å². The van der Waals surface area contributed by atoms with Crippen molar-refractivity contribution in [3.8, 4) is 0 Å². The maximum Gasteiger partial charge on any atom is 0.251 e. The van der Waals surface area contributed by atoms with Crippen LogP contribution in [-0.2, 0) is 9.84 Å². The van der Waals surface area contributed by atoms with Gasteiger partial charge in [-0.25, -0.2) is 8.42 Å². The third-order valence-electron chi connectivity index (χ3n) is 2.37. The molecule has 0 aliphatic carbocycles. The first-order chi connectivity index (χ1) is 8.35. The van der Waals surface area contributed by atoms with E-state index in [0.717, 1.165) is 5.41 Å². The topological polar surface area (TPSA) is 63.2 Å². The maximum atomic E-state index is 11.9. The SMILES string of the molecule is O=C(NC1C=CS(=O)(=O)C1)c1cc(Cl)cc(Cl)c1. The lowest BCUT2D eigenvalue weighted by atomic mass is 10.2. The lowest BCUT2D eigenvalue weighted by molar-refractivity contribution is 0.0947. The molecule has 0 radical (unpaired) electrons. The monoisotopic (exact) mass is 305 g/mol. The molecule has 0 saturated carbocycles. The number of amides is 1. The van der Waals surface area contributed by atoms with Crippen molar-refractivity contribution >= 4 is 38.9 Å². The summed E-state index contributed by atoms with van der Waals surface area (Å²) in [6, 6.07) is 3.94. The van der Waals surface area contributed by atoms with Crippen molar-refractivity contribution < 1.29 is 13.2 Å². The van der Waals surface area contributed by atoms with Crippen molar-refractivity contribution in [2.24, 2.45) is 0 Å². The van der Waals surface area contributed by atoms with Gasteiger partial charge < -0.3 is 5.32 Å². The molecule has 1 unspecified atom stereocenters. The summed E-state index contributed by atoms with van der Waals surface area (Å²) >= 11 is 11.6. The highest BCUT2D eigenvalue weighted by Crippen LogP contribution is 2.19. The first-order valence-electron chi connectivity index (χ1n) is 5.04. The number of carbonyl (C=O) groups excluding carboxylic acids is 1. The quantitative estimate of drug-likeness (QED) is 0.909. The molecule has 2 rings (SSSR count). The molecule has 1 aliphatic rings. The first kappa shape index (κ1) is 13.4. The predicted octanol–water partition coefficient (Wildman–Crippen LogP) is 2.03. The molecule has 1 aromatic carbocycles. The Morgan fingerprint density at radius 1 is 1.22 bits per heavy atom. The van der Waals surface area contributed by atoms with Crippen LogP contribution >= 0.6 is 23.2 Å². The number of nitrogens with one attached hydrogen (secondary N) is 1. The van der Waals surface area contributed by atoms with Gasteiger partial charge in [-0.2, -0.15) is 0 Å². The predicted molar refractivity (Wildman–Crippen MR) is 70.6 cm³/mol. The summed E-state index contributed by atoms with van der Waals surface area (Å²) in [5.41, 5.74) is 0.296. The highest BCUT2D eigenvalue weighted by Gasteiger charge is 2.23. The minimum atomic E-state index is -3.19. The van der Waals surface area contributed by atoms with Gasteiger partial charge in [-0.15, -0.1) is 0 Å². The molecule has 1 aliphatic heterocycles. The van der Waals surface area contributed by atoms with Crippen molar-refractivity contribution in [2.45, 2.75) is 6.04 Å². The molecule has 1 heterocycles. The third kappa shape index (κ3) is 3.25.